The molecule has 0 saturated carbocycles. The minimum absolute atomic E-state index is 0.0742. The molecule has 0 aromatic carbocycles. The van der Waals surface area contributed by atoms with E-state index in [-0.39, 0.29) is 24.9 Å². The zero-order valence-electron chi connectivity index (χ0n) is 46.5. The van der Waals surface area contributed by atoms with Gasteiger partial charge < -0.3 is 20.3 Å². The van der Waals surface area contributed by atoms with E-state index in [4.69, 9.17) is 4.74 Å². The summed E-state index contributed by atoms with van der Waals surface area (Å²) in [6.07, 6.45) is 69.2. The highest BCUT2D eigenvalue weighted by molar-refractivity contribution is 5.77. The maximum atomic E-state index is 13.3. The number of carbonyl (C=O) groups is 2. The standard InChI is InChI=1S/C63H119NO5/c1-4-7-10-13-16-19-22-25-28-30-32-35-38-41-44-47-50-53-56-63(68)69-59(54-51-48-45-42-39-36-33-27-24-21-18-15-12-9-6-3)57-62(67)64-60(58-65)61(66)55-52-49-46-43-40-37-34-31-29-26-23-20-17-14-11-8-5-2/h22,25,28,30,32,35,59-61,65-66H,4-21,23-24,26-27,29,31,33-34,36-58H2,1-3H3,(H,64,67)/b25-22+,30-28+,35-32+. The Kier molecular flexibility index (Phi) is 55.4. The first-order valence-electron chi connectivity index (χ1n) is 30.7. The molecule has 6 heteroatoms. The lowest BCUT2D eigenvalue weighted by molar-refractivity contribution is -0.151. The van der Waals surface area contributed by atoms with Gasteiger partial charge in [-0.25, -0.2) is 0 Å². The van der Waals surface area contributed by atoms with Crippen molar-refractivity contribution in [1.82, 2.24) is 5.32 Å². The normalized spacial score (nSPS) is 13.3. The monoisotopic (exact) mass is 970 g/mol. The summed E-state index contributed by atoms with van der Waals surface area (Å²) in [5, 5.41) is 24.0. The third-order valence-corrected chi connectivity index (χ3v) is 14.3. The van der Waals surface area contributed by atoms with Gasteiger partial charge in [0.2, 0.25) is 5.91 Å². The molecule has 3 unspecified atom stereocenters. The van der Waals surface area contributed by atoms with Crippen LogP contribution in [0, 0.1) is 0 Å². The molecule has 0 fully saturated rings. The van der Waals surface area contributed by atoms with Gasteiger partial charge in [-0.05, 0) is 51.4 Å². The second kappa shape index (κ2) is 57.0. The minimum Gasteiger partial charge on any atom is -0.462 e. The predicted octanol–water partition coefficient (Wildman–Crippen LogP) is 19.2. The summed E-state index contributed by atoms with van der Waals surface area (Å²) in [7, 11) is 0. The van der Waals surface area contributed by atoms with Gasteiger partial charge in [0.05, 0.1) is 25.2 Å². The molecule has 3 atom stereocenters. The van der Waals surface area contributed by atoms with Gasteiger partial charge in [-0.2, -0.15) is 0 Å². The average Bonchev–Trinajstić information content (AvgIpc) is 3.34. The molecular weight excluding hydrogens is 851 g/mol. The smallest absolute Gasteiger partial charge is 0.306 e. The van der Waals surface area contributed by atoms with Crippen LogP contribution < -0.4 is 5.32 Å². The average molecular weight is 971 g/mol. The van der Waals surface area contributed by atoms with Gasteiger partial charge in [-0.15, -0.1) is 0 Å². The number of amides is 1. The van der Waals surface area contributed by atoms with E-state index in [2.05, 4.69) is 62.5 Å². The van der Waals surface area contributed by atoms with Gasteiger partial charge in [0.25, 0.3) is 0 Å². The Labute approximate surface area is 430 Å². The minimum atomic E-state index is -0.790. The molecule has 0 aromatic heterocycles. The first kappa shape index (κ1) is 67.1. The number of nitrogens with one attached hydrogen (secondary N) is 1. The summed E-state index contributed by atoms with van der Waals surface area (Å²) >= 11 is 0. The van der Waals surface area contributed by atoms with Crippen LogP contribution >= 0.6 is 0 Å². The van der Waals surface area contributed by atoms with E-state index >= 15 is 0 Å². The SMILES string of the molecule is CCCCCCC/C=C/C=C/C=C/CCCCCCCC(=O)OC(CCCCCCCCCCCCCCCCC)CC(=O)NC(CO)C(O)CCCCCCCCCCCCCCCCCCC. The molecule has 0 heterocycles. The Morgan fingerprint density at radius 3 is 1.10 bits per heavy atom. The molecule has 0 radical (unpaired) electrons. The van der Waals surface area contributed by atoms with Crippen LogP contribution in [0.5, 0.6) is 0 Å². The number of unbranched alkanes of at least 4 members (excludes halogenated alkanes) is 40. The molecule has 406 valence electrons. The molecule has 0 rings (SSSR count). The van der Waals surface area contributed by atoms with Gasteiger partial charge in [0, 0.05) is 6.42 Å². The Morgan fingerprint density at radius 2 is 0.739 bits per heavy atom. The zero-order chi connectivity index (χ0) is 50.2. The fourth-order valence-corrected chi connectivity index (χ4v) is 9.61. The summed E-state index contributed by atoms with van der Waals surface area (Å²) < 4.78 is 5.97. The van der Waals surface area contributed by atoms with Crippen LogP contribution in [0.3, 0.4) is 0 Å². The van der Waals surface area contributed by atoms with E-state index < -0.39 is 18.2 Å². The number of aliphatic hydroxyl groups is 2. The molecule has 0 aliphatic carbocycles. The molecule has 0 spiro atoms. The number of allylic oxidation sites excluding steroid dienone is 6. The quantitative estimate of drug-likeness (QED) is 0.0321. The molecule has 6 nitrogen and oxygen atoms in total. The predicted molar refractivity (Wildman–Crippen MR) is 301 cm³/mol. The fourth-order valence-electron chi connectivity index (χ4n) is 9.61. The highest BCUT2D eigenvalue weighted by Gasteiger charge is 2.24. The fraction of sp³-hybridized carbons (Fsp3) is 0.873. The molecule has 0 aliphatic rings. The topological polar surface area (TPSA) is 95.9 Å². The maximum absolute atomic E-state index is 13.3. The number of ether oxygens (including phenoxy) is 1. The van der Waals surface area contributed by atoms with Crippen molar-refractivity contribution in [2.24, 2.45) is 0 Å². The van der Waals surface area contributed by atoms with E-state index in [1.807, 2.05) is 0 Å². The van der Waals surface area contributed by atoms with E-state index in [0.29, 0.717) is 19.3 Å². The van der Waals surface area contributed by atoms with E-state index in [1.165, 1.54) is 218 Å². The van der Waals surface area contributed by atoms with Crippen molar-refractivity contribution in [3.05, 3.63) is 36.5 Å². The van der Waals surface area contributed by atoms with Gasteiger partial charge in [0.1, 0.15) is 6.10 Å². The number of hydrogen-bond donors (Lipinski definition) is 3. The van der Waals surface area contributed by atoms with E-state index in [9.17, 15) is 19.8 Å². The highest BCUT2D eigenvalue weighted by atomic mass is 16.5. The lowest BCUT2D eigenvalue weighted by Gasteiger charge is -2.24. The van der Waals surface area contributed by atoms with Crippen molar-refractivity contribution < 1.29 is 24.5 Å². The van der Waals surface area contributed by atoms with Crippen molar-refractivity contribution in [2.45, 2.75) is 347 Å². The number of aliphatic hydroxyl groups excluding tert-OH is 2. The molecule has 1 amide bonds. The third-order valence-electron chi connectivity index (χ3n) is 14.3. The Balaban J connectivity index is 4.54. The Morgan fingerprint density at radius 1 is 0.420 bits per heavy atom. The summed E-state index contributed by atoms with van der Waals surface area (Å²) in [5.41, 5.74) is 0. The second-order valence-corrected chi connectivity index (χ2v) is 21.2. The molecule has 0 saturated heterocycles. The first-order valence-corrected chi connectivity index (χ1v) is 30.7. The van der Waals surface area contributed by atoms with Crippen LogP contribution in [0.4, 0.5) is 0 Å². The lowest BCUT2D eigenvalue weighted by Crippen LogP contribution is -2.46. The third kappa shape index (κ3) is 52.2. The van der Waals surface area contributed by atoms with Gasteiger partial charge in [-0.1, -0.05) is 301 Å². The summed E-state index contributed by atoms with van der Waals surface area (Å²) in [5.74, 6) is -0.477. The number of esters is 1. The Hall–Kier alpha value is -1.92. The number of carbonyl (C=O) groups excluding carboxylic acids is 2. The molecular formula is C63H119NO5. The van der Waals surface area contributed by atoms with Crippen LogP contribution in [-0.4, -0.2) is 46.9 Å². The maximum Gasteiger partial charge on any atom is 0.306 e. The zero-order valence-corrected chi connectivity index (χ0v) is 46.5. The van der Waals surface area contributed by atoms with Gasteiger partial charge in [0.15, 0.2) is 0 Å². The van der Waals surface area contributed by atoms with Gasteiger partial charge in [-0.3, -0.25) is 9.59 Å². The largest absolute Gasteiger partial charge is 0.462 e. The molecule has 69 heavy (non-hydrogen) atoms. The van der Waals surface area contributed by atoms with Crippen molar-refractivity contribution in [2.75, 3.05) is 6.61 Å². The molecule has 0 aromatic rings. The van der Waals surface area contributed by atoms with Crippen LogP contribution in [0.25, 0.3) is 0 Å². The summed E-state index contributed by atoms with van der Waals surface area (Å²) in [6.45, 7) is 6.51. The molecule has 0 bridgehead atoms. The summed E-state index contributed by atoms with van der Waals surface area (Å²) in [4.78, 5) is 26.3. The Bertz CT molecular complexity index is 1130. The van der Waals surface area contributed by atoms with Crippen molar-refractivity contribution in [3.63, 3.8) is 0 Å². The molecule has 3 N–H and O–H groups in total. The summed E-state index contributed by atoms with van der Waals surface area (Å²) in [6, 6.07) is -0.704. The lowest BCUT2D eigenvalue weighted by atomic mass is 10.0. The van der Waals surface area contributed by atoms with Crippen molar-refractivity contribution in [3.8, 4) is 0 Å². The molecule has 0 aliphatic heterocycles. The van der Waals surface area contributed by atoms with Crippen LogP contribution in [-0.2, 0) is 14.3 Å². The highest BCUT2D eigenvalue weighted by Crippen LogP contribution is 2.19. The van der Waals surface area contributed by atoms with Crippen molar-refractivity contribution >= 4 is 11.9 Å². The van der Waals surface area contributed by atoms with Gasteiger partial charge >= 0.3 is 5.97 Å². The van der Waals surface area contributed by atoms with Crippen LogP contribution in [0.15, 0.2) is 36.5 Å². The van der Waals surface area contributed by atoms with E-state index in [0.717, 1.165) is 64.2 Å². The number of hydrogen-bond acceptors (Lipinski definition) is 5. The van der Waals surface area contributed by atoms with Crippen LogP contribution in [0.1, 0.15) is 329 Å². The number of rotatable bonds is 56. The van der Waals surface area contributed by atoms with Crippen molar-refractivity contribution in [1.29, 1.82) is 0 Å². The first-order chi connectivity index (χ1) is 34.0. The second-order valence-electron chi connectivity index (χ2n) is 21.2. The van der Waals surface area contributed by atoms with E-state index in [1.54, 1.807) is 0 Å². The van der Waals surface area contributed by atoms with Crippen LogP contribution in [0.2, 0.25) is 0 Å².